The summed E-state index contributed by atoms with van der Waals surface area (Å²) in [7, 11) is 2.26. The van der Waals surface area contributed by atoms with Gasteiger partial charge in [0.05, 0.1) is 11.4 Å². The molecule has 2 N–H and O–H groups in total. The molecule has 2 nitrogen and oxygen atoms in total. The van der Waals surface area contributed by atoms with Crippen LogP contribution in [-0.4, -0.2) is 24.5 Å². The van der Waals surface area contributed by atoms with Crippen LogP contribution >= 0.6 is 11.3 Å². The molecule has 0 atom stereocenters. The van der Waals surface area contributed by atoms with E-state index >= 15 is 0 Å². The molecule has 0 amide bonds. The van der Waals surface area contributed by atoms with Gasteiger partial charge in [-0.3, -0.25) is 4.90 Å². The highest BCUT2D eigenvalue weighted by molar-refractivity contribution is 7.12. The lowest BCUT2D eigenvalue weighted by molar-refractivity contribution is 0.165. The van der Waals surface area contributed by atoms with Crippen LogP contribution in [0.5, 0.6) is 0 Å². The largest absolute Gasteiger partial charge is 0.320 e. The summed E-state index contributed by atoms with van der Waals surface area (Å²) in [6, 6.07) is 5.07. The number of rotatable bonds is 3. The average molecular weight is 276 g/mol. The third-order valence-corrected chi connectivity index (χ3v) is 4.97. The Morgan fingerprint density at radius 1 is 1.32 bits per heavy atom. The van der Waals surface area contributed by atoms with Crippen LogP contribution < -0.4 is 5.73 Å². The molecule has 0 bridgehead atoms. The SMILES string of the molecule is CC1CCC(N(C)Cc2ccc(C#CCN)s2)CC1. The predicted molar refractivity (Wildman–Crippen MR) is 83.1 cm³/mol. The minimum Gasteiger partial charge on any atom is -0.320 e. The second-order valence-electron chi connectivity index (χ2n) is 5.60. The van der Waals surface area contributed by atoms with Crippen molar-refractivity contribution >= 4 is 11.3 Å². The van der Waals surface area contributed by atoms with Crippen molar-refractivity contribution in [3.05, 3.63) is 21.9 Å². The third kappa shape index (κ3) is 4.35. The van der Waals surface area contributed by atoms with E-state index in [4.69, 9.17) is 5.73 Å². The zero-order chi connectivity index (χ0) is 13.7. The van der Waals surface area contributed by atoms with E-state index in [9.17, 15) is 0 Å². The molecule has 1 aliphatic carbocycles. The Hall–Kier alpha value is -0.820. The number of nitrogens with zero attached hydrogens (tertiary/aromatic N) is 1. The minimum atomic E-state index is 0.438. The van der Waals surface area contributed by atoms with E-state index in [-0.39, 0.29) is 0 Å². The quantitative estimate of drug-likeness (QED) is 0.860. The van der Waals surface area contributed by atoms with E-state index in [1.165, 1.54) is 30.6 Å². The molecule has 0 radical (unpaired) electrons. The molecule has 1 aliphatic rings. The molecule has 1 heterocycles. The lowest BCUT2D eigenvalue weighted by atomic mass is 9.87. The van der Waals surface area contributed by atoms with Crippen LogP contribution in [0.15, 0.2) is 12.1 Å². The summed E-state index contributed by atoms with van der Waals surface area (Å²) in [5.74, 6) is 6.94. The van der Waals surface area contributed by atoms with Gasteiger partial charge in [-0.15, -0.1) is 11.3 Å². The minimum absolute atomic E-state index is 0.438. The van der Waals surface area contributed by atoms with Crippen LogP contribution in [0.1, 0.15) is 42.4 Å². The van der Waals surface area contributed by atoms with Gasteiger partial charge in [0, 0.05) is 17.5 Å². The lowest BCUT2D eigenvalue weighted by Crippen LogP contribution is -2.34. The van der Waals surface area contributed by atoms with E-state index in [1.54, 1.807) is 11.3 Å². The van der Waals surface area contributed by atoms with Crippen molar-refractivity contribution in [3.8, 4) is 11.8 Å². The monoisotopic (exact) mass is 276 g/mol. The fraction of sp³-hybridized carbons (Fsp3) is 0.625. The molecule has 0 saturated heterocycles. The lowest BCUT2D eigenvalue weighted by Gasteiger charge is -2.33. The van der Waals surface area contributed by atoms with Crippen LogP contribution in [0.3, 0.4) is 0 Å². The van der Waals surface area contributed by atoms with Crippen LogP contribution in [-0.2, 0) is 6.54 Å². The average Bonchev–Trinajstić information content (AvgIpc) is 2.84. The summed E-state index contributed by atoms with van der Waals surface area (Å²) in [6.07, 6.45) is 5.46. The van der Waals surface area contributed by atoms with Gasteiger partial charge in [0.2, 0.25) is 0 Å². The topological polar surface area (TPSA) is 29.3 Å². The summed E-state index contributed by atoms with van der Waals surface area (Å²) >= 11 is 1.79. The van der Waals surface area contributed by atoms with Gasteiger partial charge in [-0.25, -0.2) is 0 Å². The maximum absolute atomic E-state index is 5.40. The van der Waals surface area contributed by atoms with E-state index in [2.05, 4.69) is 42.8 Å². The molecular weight excluding hydrogens is 252 g/mol. The summed E-state index contributed by atoms with van der Waals surface area (Å²) in [6.45, 7) is 3.86. The fourth-order valence-corrected chi connectivity index (χ4v) is 3.67. The Labute approximate surface area is 121 Å². The Morgan fingerprint density at radius 3 is 2.74 bits per heavy atom. The molecule has 19 heavy (non-hydrogen) atoms. The smallest absolute Gasteiger partial charge is 0.0772 e. The van der Waals surface area contributed by atoms with Gasteiger partial charge >= 0.3 is 0 Å². The Kier molecular flexibility index (Phi) is 5.45. The number of thiophene rings is 1. The van der Waals surface area contributed by atoms with Crippen molar-refractivity contribution in [2.75, 3.05) is 13.6 Å². The molecule has 1 aromatic heterocycles. The van der Waals surface area contributed by atoms with Crippen LogP contribution in [0.4, 0.5) is 0 Å². The van der Waals surface area contributed by atoms with E-state index < -0.39 is 0 Å². The summed E-state index contributed by atoms with van der Waals surface area (Å²) in [5.41, 5.74) is 5.40. The molecule has 1 aromatic rings. The van der Waals surface area contributed by atoms with Crippen molar-refractivity contribution < 1.29 is 0 Å². The van der Waals surface area contributed by atoms with Crippen molar-refractivity contribution in [2.45, 2.75) is 45.2 Å². The molecular formula is C16H24N2S. The highest BCUT2D eigenvalue weighted by Gasteiger charge is 2.21. The molecule has 2 rings (SSSR count). The first-order valence-corrected chi connectivity index (χ1v) is 7.98. The highest BCUT2D eigenvalue weighted by Crippen LogP contribution is 2.28. The number of nitrogens with two attached hydrogens (primary N) is 1. The third-order valence-electron chi connectivity index (χ3n) is 3.99. The van der Waals surface area contributed by atoms with Crippen molar-refractivity contribution in [3.63, 3.8) is 0 Å². The molecule has 0 unspecified atom stereocenters. The normalized spacial score (nSPS) is 23.2. The molecule has 1 saturated carbocycles. The number of hydrogen-bond donors (Lipinski definition) is 1. The maximum atomic E-state index is 5.40. The van der Waals surface area contributed by atoms with Gasteiger partial charge in [0.1, 0.15) is 0 Å². The maximum Gasteiger partial charge on any atom is 0.0772 e. The number of hydrogen-bond acceptors (Lipinski definition) is 3. The first-order valence-electron chi connectivity index (χ1n) is 7.17. The van der Waals surface area contributed by atoms with Crippen LogP contribution in [0, 0.1) is 17.8 Å². The van der Waals surface area contributed by atoms with Crippen molar-refractivity contribution in [2.24, 2.45) is 11.7 Å². The zero-order valence-corrected chi connectivity index (χ0v) is 12.8. The van der Waals surface area contributed by atoms with Crippen molar-refractivity contribution in [1.29, 1.82) is 0 Å². The van der Waals surface area contributed by atoms with E-state index in [0.717, 1.165) is 23.4 Å². The Bertz CT molecular complexity index is 447. The fourth-order valence-electron chi connectivity index (χ4n) is 2.73. The summed E-state index contributed by atoms with van der Waals surface area (Å²) in [5, 5.41) is 0. The van der Waals surface area contributed by atoms with Gasteiger partial charge < -0.3 is 5.73 Å². The second kappa shape index (κ2) is 7.09. The predicted octanol–water partition coefficient (Wildman–Crippen LogP) is 3.07. The Balaban J connectivity index is 1.88. The first kappa shape index (κ1) is 14.6. The Morgan fingerprint density at radius 2 is 2.05 bits per heavy atom. The van der Waals surface area contributed by atoms with Crippen LogP contribution in [0.25, 0.3) is 0 Å². The van der Waals surface area contributed by atoms with Gasteiger partial charge in [-0.05, 0) is 50.8 Å². The van der Waals surface area contributed by atoms with Crippen LogP contribution in [0.2, 0.25) is 0 Å². The molecule has 104 valence electrons. The van der Waals surface area contributed by atoms with Gasteiger partial charge in [-0.2, -0.15) is 0 Å². The molecule has 0 aliphatic heterocycles. The molecule has 1 fully saturated rings. The standard InChI is InChI=1S/C16H24N2S/c1-13-5-7-14(8-6-13)18(2)12-16-10-9-15(19-16)4-3-11-17/h9-10,13-14H,5-8,11-12,17H2,1-2H3. The van der Waals surface area contributed by atoms with Gasteiger partial charge in [-0.1, -0.05) is 18.8 Å². The summed E-state index contributed by atoms with van der Waals surface area (Å²) < 4.78 is 0. The van der Waals surface area contributed by atoms with Gasteiger partial charge in [0.25, 0.3) is 0 Å². The molecule has 0 aromatic carbocycles. The molecule has 0 spiro atoms. The zero-order valence-electron chi connectivity index (χ0n) is 12.0. The highest BCUT2D eigenvalue weighted by atomic mass is 32.1. The van der Waals surface area contributed by atoms with E-state index in [0.29, 0.717) is 6.54 Å². The molecule has 3 heteroatoms. The van der Waals surface area contributed by atoms with Crippen molar-refractivity contribution in [1.82, 2.24) is 4.90 Å². The van der Waals surface area contributed by atoms with E-state index in [1.807, 2.05) is 0 Å². The first-order chi connectivity index (χ1) is 9.19. The second-order valence-corrected chi connectivity index (χ2v) is 6.77. The van der Waals surface area contributed by atoms with Gasteiger partial charge in [0.15, 0.2) is 0 Å². The summed E-state index contributed by atoms with van der Waals surface area (Å²) in [4.78, 5) is 5.05.